The molecule has 2 nitrogen and oxygen atoms in total. The first-order chi connectivity index (χ1) is 8.33. The number of anilines is 1. The van der Waals surface area contributed by atoms with E-state index in [9.17, 15) is 0 Å². The number of rotatable bonds is 5. The van der Waals surface area contributed by atoms with E-state index in [0.717, 1.165) is 24.5 Å². The van der Waals surface area contributed by atoms with Crippen molar-refractivity contribution >= 4 is 17.3 Å². The Labute approximate surface area is 116 Å². The van der Waals surface area contributed by atoms with Crippen LogP contribution in [0.1, 0.15) is 39.7 Å². The Morgan fingerprint density at radius 3 is 2.50 bits per heavy atom. The van der Waals surface area contributed by atoms with Crippen LogP contribution in [-0.4, -0.2) is 19.1 Å². The molecule has 1 rings (SSSR count). The molecule has 0 aromatic heterocycles. The van der Waals surface area contributed by atoms with Crippen LogP contribution in [0.5, 0.6) is 0 Å². The quantitative estimate of drug-likeness (QED) is 0.866. The van der Waals surface area contributed by atoms with Gasteiger partial charge in [-0.1, -0.05) is 18.5 Å². The van der Waals surface area contributed by atoms with E-state index in [1.807, 2.05) is 6.07 Å². The van der Waals surface area contributed by atoms with Crippen molar-refractivity contribution in [3.05, 3.63) is 28.8 Å². The Morgan fingerprint density at radius 1 is 1.28 bits per heavy atom. The minimum absolute atomic E-state index is 0.114. The molecule has 0 aliphatic heterocycles. The number of nitrogens with zero attached hydrogens (tertiary/aromatic N) is 1. The average Bonchev–Trinajstić information content (AvgIpc) is 2.25. The molecule has 0 aliphatic carbocycles. The molecule has 0 fully saturated rings. The molecule has 0 amide bonds. The first-order valence-electron chi connectivity index (χ1n) is 6.58. The van der Waals surface area contributed by atoms with Crippen molar-refractivity contribution in [3.63, 3.8) is 0 Å². The fourth-order valence-electron chi connectivity index (χ4n) is 1.88. The van der Waals surface area contributed by atoms with E-state index in [1.54, 1.807) is 0 Å². The fraction of sp³-hybridized carbons (Fsp3) is 0.600. The molecule has 1 aromatic rings. The van der Waals surface area contributed by atoms with Gasteiger partial charge >= 0.3 is 0 Å². The predicted molar refractivity (Wildman–Crippen MR) is 81.6 cm³/mol. The van der Waals surface area contributed by atoms with E-state index in [-0.39, 0.29) is 5.54 Å². The average molecular weight is 269 g/mol. The summed E-state index contributed by atoms with van der Waals surface area (Å²) < 4.78 is 0. The van der Waals surface area contributed by atoms with Gasteiger partial charge in [0, 0.05) is 36.4 Å². The molecule has 0 heterocycles. The highest BCUT2D eigenvalue weighted by Crippen LogP contribution is 2.24. The summed E-state index contributed by atoms with van der Waals surface area (Å²) in [5, 5.41) is 4.32. The summed E-state index contributed by atoms with van der Waals surface area (Å²) in [7, 11) is 2.13. The van der Waals surface area contributed by atoms with Gasteiger partial charge in [0.05, 0.1) is 0 Å². The van der Waals surface area contributed by atoms with Crippen molar-refractivity contribution in [1.29, 1.82) is 0 Å². The van der Waals surface area contributed by atoms with Crippen LogP contribution in [0.25, 0.3) is 0 Å². The lowest BCUT2D eigenvalue weighted by atomic mass is 10.1. The lowest BCUT2D eigenvalue weighted by Crippen LogP contribution is -2.35. The zero-order valence-corrected chi connectivity index (χ0v) is 12.9. The molecule has 102 valence electrons. The van der Waals surface area contributed by atoms with Crippen molar-refractivity contribution in [1.82, 2.24) is 5.32 Å². The van der Waals surface area contributed by atoms with Gasteiger partial charge in [-0.3, -0.25) is 0 Å². The number of hydrogen-bond acceptors (Lipinski definition) is 2. The van der Waals surface area contributed by atoms with Crippen LogP contribution in [0.2, 0.25) is 5.02 Å². The predicted octanol–water partition coefficient (Wildman–Crippen LogP) is 4.07. The summed E-state index contributed by atoms with van der Waals surface area (Å²) in [6.07, 6.45) is 1.14. The molecule has 18 heavy (non-hydrogen) atoms. The zero-order chi connectivity index (χ0) is 13.8. The maximum atomic E-state index is 6.10. The molecule has 3 heteroatoms. The lowest BCUT2D eigenvalue weighted by Gasteiger charge is -2.25. The van der Waals surface area contributed by atoms with Gasteiger partial charge in [-0.05, 0) is 51.0 Å². The Balaban J connectivity index is 2.89. The topological polar surface area (TPSA) is 15.3 Å². The molecule has 0 unspecified atom stereocenters. The molecular weight excluding hydrogens is 244 g/mol. The maximum Gasteiger partial charge on any atom is 0.0410 e. The normalized spacial score (nSPS) is 11.7. The van der Waals surface area contributed by atoms with E-state index in [4.69, 9.17) is 11.6 Å². The summed E-state index contributed by atoms with van der Waals surface area (Å²) in [4.78, 5) is 2.29. The third-order valence-corrected chi connectivity index (χ3v) is 3.06. The number of hydrogen-bond donors (Lipinski definition) is 1. The van der Waals surface area contributed by atoms with Gasteiger partial charge in [0.2, 0.25) is 0 Å². The van der Waals surface area contributed by atoms with E-state index in [2.05, 4.69) is 57.1 Å². The Kier molecular flexibility index (Phi) is 5.48. The molecule has 1 aromatic carbocycles. The number of nitrogens with one attached hydrogen (secondary N) is 1. The second-order valence-electron chi connectivity index (χ2n) is 5.80. The van der Waals surface area contributed by atoms with Gasteiger partial charge < -0.3 is 10.2 Å². The Hall–Kier alpha value is -0.730. The number of halogens is 1. The Bertz CT molecular complexity index is 383. The molecule has 0 spiro atoms. The summed E-state index contributed by atoms with van der Waals surface area (Å²) in [6, 6.07) is 6.13. The summed E-state index contributed by atoms with van der Waals surface area (Å²) in [5.41, 5.74) is 2.63. The number of benzene rings is 1. The van der Waals surface area contributed by atoms with E-state index >= 15 is 0 Å². The largest absolute Gasteiger partial charge is 0.374 e. The molecule has 0 saturated heterocycles. The maximum absolute atomic E-state index is 6.10. The summed E-state index contributed by atoms with van der Waals surface area (Å²) >= 11 is 6.10. The van der Waals surface area contributed by atoms with Gasteiger partial charge in [-0.2, -0.15) is 0 Å². The van der Waals surface area contributed by atoms with Crippen LogP contribution in [-0.2, 0) is 6.54 Å². The third kappa shape index (κ3) is 4.87. The molecule has 1 N–H and O–H groups in total. The van der Waals surface area contributed by atoms with Crippen molar-refractivity contribution in [3.8, 4) is 0 Å². The van der Waals surface area contributed by atoms with Crippen molar-refractivity contribution in [2.24, 2.45) is 0 Å². The standard InChI is InChI=1S/C15H25ClN2/c1-6-9-18(5)14-8-7-13(16)10-12(14)11-17-15(2,3)4/h7-8,10,17H,6,9,11H2,1-5H3. The molecule has 0 aliphatic rings. The fourth-order valence-corrected chi connectivity index (χ4v) is 2.08. The minimum Gasteiger partial charge on any atom is -0.374 e. The van der Waals surface area contributed by atoms with Gasteiger partial charge in [-0.25, -0.2) is 0 Å². The van der Waals surface area contributed by atoms with Crippen molar-refractivity contribution in [2.75, 3.05) is 18.5 Å². The first kappa shape index (κ1) is 15.3. The van der Waals surface area contributed by atoms with Gasteiger partial charge in [0.15, 0.2) is 0 Å². The molecule has 0 atom stereocenters. The molecule has 0 radical (unpaired) electrons. The van der Waals surface area contributed by atoms with Crippen LogP contribution in [0.3, 0.4) is 0 Å². The smallest absolute Gasteiger partial charge is 0.0410 e. The molecule has 0 saturated carbocycles. The summed E-state index contributed by atoms with van der Waals surface area (Å²) in [5.74, 6) is 0. The minimum atomic E-state index is 0.114. The second kappa shape index (κ2) is 6.44. The van der Waals surface area contributed by atoms with Crippen molar-refractivity contribution < 1.29 is 0 Å². The van der Waals surface area contributed by atoms with Gasteiger partial charge in [0.1, 0.15) is 0 Å². The van der Waals surface area contributed by atoms with E-state index in [0.29, 0.717) is 0 Å². The van der Waals surface area contributed by atoms with Crippen LogP contribution in [0.4, 0.5) is 5.69 Å². The monoisotopic (exact) mass is 268 g/mol. The highest BCUT2D eigenvalue weighted by molar-refractivity contribution is 6.30. The van der Waals surface area contributed by atoms with Gasteiger partial charge in [-0.15, -0.1) is 0 Å². The van der Waals surface area contributed by atoms with E-state index < -0.39 is 0 Å². The molecule has 0 bridgehead atoms. The highest BCUT2D eigenvalue weighted by atomic mass is 35.5. The lowest BCUT2D eigenvalue weighted by molar-refractivity contribution is 0.424. The highest BCUT2D eigenvalue weighted by Gasteiger charge is 2.12. The van der Waals surface area contributed by atoms with Gasteiger partial charge in [0.25, 0.3) is 0 Å². The van der Waals surface area contributed by atoms with Crippen molar-refractivity contribution in [2.45, 2.75) is 46.2 Å². The van der Waals surface area contributed by atoms with E-state index in [1.165, 1.54) is 11.3 Å². The Morgan fingerprint density at radius 2 is 1.94 bits per heavy atom. The first-order valence-corrected chi connectivity index (χ1v) is 6.96. The third-order valence-electron chi connectivity index (χ3n) is 2.82. The molecular formula is C15H25ClN2. The zero-order valence-electron chi connectivity index (χ0n) is 12.2. The SMILES string of the molecule is CCCN(C)c1ccc(Cl)cc1CNC(C)(C)C. The van der Waals surface area contributed by atoms with Crippen LogP contribution in [0, 0.1) is 0 Å². The summed E-state index contributed by atoms with van der Waals surface area (Å²) in [6.45, 7) is 10.6. The van der Waals surface area contributed by atoms with Crippen LogP contribution in [0.15, 0.2) is 18.2 Å². The van der Waals surface area contributed by atoms with Crippen LogP contribution >= 0.6 is 11.6 Å². The van der Waals surface area contributed by atoms with Crippen LogP contribution < -0.4 is 10.2 Å². The second-order valence-corrected chi connectivity index (χ2v) is 6.23.